The molecule has 0 unspecified atom stereocenters. The third-order valence-electron chi connectivity index (χ3n) is 6.38. The van der Waals surface area contributed by atoms with Gasteiger partial charge in [0, 0.05) is 25.7 Å². The largest absolute Gasteiger partial charge is 0.494 e. The summed E-state index contributed by atoms with van der Waals surface area (Å²) >= 11 is 0. The van der Waals surface area contributed by atoms with Gasteiger partial charge in [0.15, 0.2) is 0 Å². The molecule has 190 valence electrons. The zero-order valence-corrected chi connectivity index (χ0v) is 21.7. The van der Waals surface area contributed by atoms with E-state index < -0.39 is 0 Å². The Morgan fingerprint density at radius 3 is 2.54 bits per heavy atom. The second-order valence-corrected chi connectivity index (χ2v) is 9.69. The van der Waals surface area contributed by atoms with Gasteiger partial charge in [-0.15, -0.1) is 0 Å². The molecule has 1 aliphatic rings. The van der Waals surface area contributed by atoms with Gasteiger partial charge in [-0.25, -0.2) is 0 Å². The Hall–Kier alpha value is -3.02. The number of rotatable bonds is 5. The highest BCUT2D eigenvalue weighted by Crippen LogP contribution is 2.24. The highest BCUT2D eigenvalue weighted by atomic mass is 16.5. The van der Waals surface area contributed by atoms with Gasteiger partial charge in [0.1, 0.15) is 18.1 Å². The molecule has 6 heteroatoms. The number of benzene rings is 2. The molecule has 2 amide bonds. The number of amides is 2. The first kappa shape index (κ1) is 26.6. The summed E-state index contributed by atoms with van der Waals surface area (Å²) in [5, 5.41) is 0. The predicted octanol–water partition coefficient (Wildman–Crippen LogP) is 5.67. The molecule has 2 aromatic rings. The molecule has 0 aliphatic carbocycles. The number of carbonyl (C=O) groups excluding carboxylic acids is 2. The van der Waals surface area contributed by atoms with Crippen molar-refractivity contribution >= 4 is 11.8 Å². The van der Waals surface area contributed by atoms with Crippen molar-refractivity contribution in [1.29, 1.82) is 0 Å². The minimum absolute atomic E-state index is 0.00279. The standard InChI is InChI=1S/C29H40N2O4/c1-5-34-25-14-12-13-23(20-25)28(32)31-18-11-7-6-10-17-30(4)29(33)26-15-8-9-16-27(26)35-21-24(31)19-22(2)3/h8-9,12-16,20,22,24H,5-7,10-11,17-19,21H2,1-4H3/t24-/m0/s1. The number of ether oxygens (including phenoxy) is 2. The number of hydrogen-bond donors (Lipinski definition) is 0. The lowest BCUT2D eigenvalue weighted by molar-refractivity contribution is 0.0567. The van der Waals surface area contributed by atoms with Crippen LogP contribution in [0.3, 0.4) is 0 Å². The van der Waals surface area contributed by atoms with Crippen LogP contribution in [0.4, 0.5) is 0 Å². The van der Waals surface area contributed by atoms with Gasteiger partial charge in [-0.05, 0) is 62.4 Å². The van der Waals surface area contributed by atoms with E-state index in [0.29, 0.717) is 54.8 Å². The SMILES string of the molecule is CCOc1cccc(C(=O)N2CCCCCCN(C)C(=O)c3ccccc3OC[C@@H]2CC(C)C)c1. The lowest BCUT2D eigenvalue weighted by Crippen LogP contribution is -2.45. The molecule has 35 heavy (non-hydrogen) atoms. The van der Waals surface area contributed by atoms with Crippen LogP contribution < -0.4 is 9.47 Å². The van der Waals surface area contributed by atoms with E-state index in [2.05, 4.69) is 13.8 Å². The highest BCUT2D eigenvalue weighted by molar-refractivity contribution is 5.97. The predicted molar refractivity (Wildman–Crippen MR) is 139 cm³/mol. The van der Waals surface area contributed by atoms with Crippen molar-refractivity contribution in [2.75, 3.05) is 33.4 Å². The van der Waals surface area contributed by atoms with E-state index in [4.69, 9.17) is 9.47 Å². The summed E-state index contributed by atoms with van der Waals surface area (Å²) in [6.45, 7) is 8.53. The third kappa shape index (κ3) is 7.48. The molecule has 1 heterocycles. The molecule has 0 radical (unpaired) electrons. The van der Waals surface area contributed by atoms with Crippen LogP contribution in [0.5, 0.6) is 11.5 Å². The van der Waals surface area contributed by atoms with Gasteiger partial charge in [0.05, 0.1) is 18.2 Å². The van der Waals surface area contributed by atoms with Crippen molar-refractivity contribution < 1.29 is 19.1 Å². The monoisotopic (exact) mass is 480 g/mol. The van der Waals surface area contributed by atoms with Gasteiger partial charge in [-0.1, -0.05) is 44.9 Å². The molecule has 1 atom stereocenters. The van der Waals surface area contributed by atoms with E-state index in [0.717, 1.165) is 32.1 Å². The topological polar surface area (TPSA) is 59.1 Å². The fourth-order valence-corrected chi connectivity index (χ4v) is 4.58. The summed E-state index contributed by atoms with van der Waals surface area (Å²) in [5.41, 5.74) is 1.20. The van der Waals surface area contributed by atoms with Gasteiger partial charge in [-0.2, -0.15) is 0 Å². The second kappa shape index (κ2) is 13.2. The number of para-hydroxylation sites is 1. The van der Waals surface area contributed by atoms with Crippen molar-refractivity contribution in [2.45, 2.75) is 58.9 Å². The van der Waals surface area contributed by atoms with Crippen LogP contribution in [0.25, 0.3) is 0 Å². The molecule has 0 spiro atoms. The van der Waals surface area contributed by atoms with Crippen LogP contribution in [0, 0.1) is 5.92 Å². The number of fused-ring (bicyclic) bond motifs is 1. The first-order valence-corrected chi connectivity index (χ1v) is 12.9. The fourth-order valence-electron chi connectivity index (χ4n) is 4.58. The Balaban J connectivity index is 1.93. The molecule has 0 bridgehead atoms. The van der Waals surface area contributed by atoms with E-state index in [1.165, 1.54) is 0 Å². The Bertz CT molecular complexity index is 975. The summed E-state index contributed by atoms with van der Waals surface area (Å²) in [6.07, 6.45) is 4.70. The van der Waals surface area contributed by atoms with Crippen LogP contribution >= 0.6 is 0 Å². The van der Waals surface area contributed by atoms with Gasteiger partial charge >= 0.3 is 0 Å². The van der Waals surface area contributed by atoms with E-state index in [9.17, 15) is 9.59 Å². The van der Waals surface area contributed by atoms with E-state index >= 15 is 0 Å². The molecule has 0 N–H and O–H groups in total. The van der Waals surface area contributed by atoms with Gasteiger partial charge in [-0.3, -0.25) is 9.59 Å². The van der Waals surface area contributed by atoms with Gasteiger partial charge in [0.2, 0.25) is 0 Å². The quantitative estimate of drug-likeness (QED) is 0.553. The number of nitrogens with zero attached hydrogens (tertiary/aromatic N) is 2. The maximum absolute atomic E-state index is 13.8. The molecule has 0 aromatic heterocycles. The molecule has 3 rings (SSSR count). The Kier molecular flexibility index (Phi) is 10.0. The van der Waals surface area contributed by atoms with Crippen LogP contribution in [-0.2, 0) is 0 Å². The van der Waals surface area contributed by atoms with Crippen LogP contribution in [0.15, 0.2) is 48.5 Å². The van der Waals surface area contributed by atoms with Crippen molar-refractivity contribution in [3.63, 3.8) is 0 Å². The first-order chi connectivity index (χ1) is 16.9. The molecular weight excluding hydrogens is 440 g/mol. The zero-order valence-electron chi connectivity index (χ0n) is 21.7. The number of carbonyl (C=O) groups is 2. The van der Waals surface area contributed by atoms with Gasteiger partial charge in [0.25, 0.3) is 11.8 Å². The number of hydrogen-bond acceptors (Lipinski definition) is 4. The van der Waals surface area contributed by atoms with Crippen LogP contribution in [0.2, 0.25) is 0 Å². The molecule has 2 aromatic carbocycles. The maximum Gasteiger partial charge on any atom is 0.257 e. The summed E-state index contributed by atoms with van der Waals surface area (Å²) < 4.78 is 11.9. The molecule has 0 saturated carbocycles. The average molecular weight is 481 g/mol. The first-order valence-electron chi connectivity index (χ1n) is 12.9. The van der Waals surface area contributed by atoms with Crippen molar-refractivity contribution in [3.8, 4) is 11.5 Å². The maximum atomic E-state index is 13.8. The third-order valence-corrected chi connectivity index (χ3v) is 6.38. The second-order valence-electron chi connectivity index (χ2n) is 9.69. The van der Waals surface area contributed by atoms with E-state index in [1.54, 1.807) is 4.90 Å². The highest BCUT2D eigenvalue weighted by Gasteiger charge is 2.27. The Morgan fingerprint density at radius 1 is 1.06 bits per heavy atom. The average Bonchev–Trinajstić information content (AvgIpc) is 2.85. The lowest BCUT2D eigenvalue weighted by Gasteiger charge is -2.34. The summed E-state index contributed by atoms with van der Waals surface area (Å²) in [7, 11) is 1.85. The van der Waals surface area contributed by atoms with Gasteiger partial charge < -0.3 is 19.3 Å². The molecule has 1 aliphatic heterocycles. The van der Waals surface area contributed by atoms with Crippen LogP contribution in [0.1, 0.15) is 73.6 Å². The normalized spacial score (nSPS) is 18.0. The van der Waals surface area contributed by atoms with Crippen molar-refractivity contribution in [3.05, 3.63) is 59.7 Å². The molecular formula is C29H40N2O4. The summed E-state index contributed by atoms with van der Waals surface area (Å²) in [4.78, 5) is 30.6. The van der Waals surface area contributed by atoms with E-state index in [1.807, 2.05) is 67.4 Å². The van der Waals surface area contributed by atoms with Crippen molar-refractivity contribution in [1.82, 2.24) is 9.80 Å². The minimum Gasteiger partial charge on any atom is -0.494 e. The smallest absolute Gasteiger partial charge is 0.257 e. The molecule has 0 saturated heterocycles. The van der Waals surface area contributed by atoms with Crippen molar-refractivity contribution in [2.24, 2.45) is 5.92 Å². The zero-order chi connectivity index (χ0) is 25.2. The Morgan fingerprint density at radius 2 is 1.80 bits per heavy atom. The Labute approximate surface area is 210 Å². The summed E-state index contributed by atoms with van der Waals surface area (Å²) in [6, 6.07) is 14.7. The minimum atomic E-state index is -0.109. The molecule has 6 nitrogen and oxygen atoms in total. The fraction of sp³-hybridized carbons (Fsp3) is 0.517. The lowest BCUT2D eigenvalue weighted by atomic mass is 10.0. The molecule has 0 fully saturated rings. The van der Waals surface area contributed by atoms with E-state index in [-0.39, 0.29) is 17.9 Å². The van der Waals surface area contributed by atoms with Crippen LogP contribution in [-0.4, -0.2) is 61.0 Å². The summed E-state index contributed by atoms with van der Waals surface area (Å²) in [5.74, 6) is 1.63.